The van der Waals surface area contributed by atoms with Crippen LogP contribution in [0.2, 0.25) is 10.0 Å². The summed E-state index contributed by atoms with van der Waals surface area (Å²) in [4.78, 5) is 23.3. The van der Waals surface area contributed by atoms with Crippen LogP contribution in [0, 0.1) is 0 Å². The van der Waals surface area contributed by atoms with Gasteiger partial charge in [-0.3, -0.25) is 4.79 Å². The highest BCUT2D eigenvalue weighted by molar-refractivity contribution is 6.37. The molecule has 0 unspecified atom stereocenters. The van der Waals surface area contributed by atoms with Gasteiger partial charge in [0.2, 0.25) is 0 Å². The van der Waals surface area contributed by atoms with E-state index in [0.717, 1.165) is 5.56 Å². The number of hydrogen-bond donors (Lipinski definition) is 2. The zero-order chi connectivity index (χ0) is 18.4. The number of rotatable bonds is 4. The van der Waals surface area contributed by atoms with Crippen LogP contribution >= 0.6 is 23.2 Å². The van der Waals surface area contributed by atoms with Gasteiger partial charge in [0.1, 0.15) is 0 Å². The lowest BCUT2D eigenvalue weighted by Crippen LogP contribution is -2.18. The molecule has 0 aliphatic rings. The molecule has 2 amide bonds. The van der Waals surface area contributed by atoms with E-state index in [1.54, 1.807) is 43.3 Å². The molecule has 2 rings (SSSR count). The number of nitrogens with zero attached hydrogens (tertiary/aromatic N) is 1. The number of hydrazone groups is 1. The van der Waals surface area contributed by atoms with Gasteiger partial charge in [-0.05, 0) is 42.8 Å². The van der Waals surface area contributed by atoms with Crippen molar-refractivity contribution in [3.05, 3.63) is 63.6 Å². The molecule has 0 aromatic heterocycles. The second-order valence-electron chi connectivity index (χ2n) is 4.96. The number of carbonyl (C=O) groups excluding carboxylic acids is 2. The molecule has 0 spiro atoms. The highest BCUT2D eigenvalue weighted by atomic mass is 35.5. The Morgan fingerprint density at radius 3 is 2.36 bits per heavy atom. The van der Waals surface area contributed by atoms with Gasteiger partial charge in [0, 0.05) is 10.7 Å². The van der Waals surface area contributed by atoms with Crippen molar-refractivity contribution in [3.8, 4) is 0 Å². The number of amides is 2. The smallest absolute Gasteiger partial charge is 0.427 e. The number of benzene rings is 2. The van der Waals surface area contributed by atoms with Crippen LogP contribution in [0.4, 0.5) is 10.5 Å². The van der Waals surface area contributed by atoms with Crippen molar-refractivity contribution in [2.75, 3.05) is 12.4 Å². The molecule has 0 heterocycles. The van der Waals surface area contributed by atoms with E-state index in [1.807, 2.05) is 0 Å². The minimum absolute atomic E-state index is 0.276. The van der Waals surface area contributed by atoms with Crippen molar-refractivity contribution in [2.45, 2.75) is 6.92 Å². The molecule has 0 aliphatic heterocycles. The van der Waals surface area contributed by atoms with E-state index in [4.69, 9.17) is 23.2 Å². The van der Waals surface area contributed by atoms with Gasteiger partial charge >= 0.3 is 6.09 Å². The number of hydrogen-bond acceptors (Lipinski definition) is 4. The van der Waals surface area contributed by atoms with Crippen molar-refractivity contribution in [2.24, 2.45) is 5.10 Å². The first-order valence-electron chi connectivity index (χ1n) is 7.16. The molecule has 0 bridgehead atoms. The Morgan fingerprint density at radius 2 is 1.76 bits per heavy atom. The molecule has 0 radical (unpaired) electrons. The average molecular weight is 380 g/mol. The summed E-state index contributed by atoms with van der Waals surface area (Å²) < 4.78 is 4.43. The standard InChI is InChI=1S/C17H15Cl2N3O3/c1-10(21-22-17(24)25-2)11-3-6-13(7-4-11)20-16(23)14-8-5-12(18)9-15(14)19/h3-9H,1-2H3,(H,20,23)(H,22,24)/b21-10-. The molecular formula is C17H15Cl2N3O3. The zero-order valence-electron chi connectivity index (χ0n) is 13.5. The third kappa shape index (κ3) is 5.20. The molecule has 130 valence electrons. The average Bonchev–Trinajstić information content (AvgIpc) is 2.59. The lowest BCUT2D eigenvalue weighted by Gasteiger charge is -2.08. The molecule has 2 aromatic carbocycles. The van der Waals surface area contributed by atoms with Gasteiger partial charge in [0.05, 0.1) is 23.4 Å². The van der Waals surface area contributed by atoms with E-state index >= 15 is 0 Å². The first-order valence-corrected chi connectivity index (χ1v) is 7.91. The highest BCUT2D eigenvalue weighted by Gasteiger charge is 2.11. The Kier molecular flexibility index (Phi) is 6.38. The Bertz CT molecular complexity index is 820. The van der Waals surface area contributed by atoms with Crippen molar-refractivity contribution < 1.29 is 14.3 Å². The molecule has 0 saturated carbocycles. The summed E-state index contributed by atoms with van der Waals surface area (Å²) in [6, 6.07) is 11.6. The van der Waals surface area contributed by atoms with Crippen LogP contribution in [-0.4, -0.2) is 24.8 Å². The Hall–Kier alpha value is -2.57. The maximum absolute atomic E-state index is 12.3. The monoisotopic (exact) mass is 379 g/mol. The zero-order valence-corrected chi connectivity index (χ0v) is 15.0. The van der Waals surface area contributed by atoms with E-state index < -0.39 is 6.09 Å². The number of nitrogens with one attached hydrogen (secondary N) is 2. The van der Waals surface area contributed by atoms with E-state index in [9.17, 15) is 9.59 Å². The van der Waals surface area contributed by atoms with Crippen LogP contribution in [0.15, 0.2) is 47.6 Å². The second-order valence-corrected chi connectivity index (χ2v) is 5.80. The maximum atomic E-state index is 12.3. The summed E-state index contributed by atoms with van der Waals surface area (Å²) in [5.74, 6) is -0.341. The van der Waals surface area contributed by atoms with Crippen molar-refractivity contribution in [3.63, 3.8) is 0 Å². The quantitative estimate of drug-likeness (QED) is 0.612. The maximum Gasteiger partial charge on any atom is 0.427 e. The first-order chi connectivity index (χ1) is 11.9. The largest absolute Gasteiger partial charge is 0.452 e. The van der Waals surface area contributed by atoms with Crippen LogP contribution < -0.4 is 10.7 Å². The summed E-state index contributed by atoms with van der Waals surface area (Å²) in [5, 5.41) is 7.38. The van der Waals surface area contributed by atoms with Gasteiger partial charge in [-0.15, -0.1) is 0 Å². The Labute approximate surface area is 154 Å². The van der Waals surface area contributed by atoms with Crippen molar-refractivity contribution in [1.29, 1.82) is 0 Å². The molecule has 0 fully saturated rings. The fourth-order valence-electron chi connectivity index (χ4n) is 1.91. The Balaban J connectivity index is 2.07. The van der Waals surface area contributed by atoms with Crippen molar-refractivity contribution >= 4 is 46.6 Å². The number of methoxy groups -OCH3 is 1. The highest BCUT2D eigenvalue weighted by Crippen LogP contribution is 2.22. The van der Waals surface area contributed by atoms with Gasteiger partial charge in [-0.25, -0.2) is 10.2 Å². The van der Waals surface area contributed by atoms with Gasteiger partial charge in [-0.2, -0.15) is 5.10 Å². The van der Waals surface area contributed by atoms with E-state index in [1.165, 1.54) is 13.2 Å². The van der Waals surface area contributed by atoms with Crippen molar-refractivity contribution in [1.82, 2.24) is 5.43 Å². The van der Waals surface area contributed by atoms with Crippen LogP contribution in [0.5, 0.6) is 0 Å². The number of carbonyl (C=O) groups is 2. The van der Waals surface area contributed by atoms with Crippen LogP contribution in [-0.2, 0) is 4.74 Å². The third-order valence-corrected chi connectivity index (χ3v) is 3.78. The SMILES string of the molecule is COC(=O)N/N=C(/C)c1ccc(NC(=O)c2ccc(Cl)cc2Cl)cc1. The predicted octanol–water partition coefficient (Wildman–Crippen LogP) is 4.33. The molecule has 0 aliphatic carbocycles. The van der Waals surface area contributed by atoms with E-state index in [-0.39, 0.29) is 10.9 Å². The molecule has 0 saturated heterocycles. The van der Waals surface area contributed by atoms with Gasteiger partial charge < -0.3 is 10.1 Å². The third-order valence-electron chi connectivity index (χ3n) is 3.24. The number of ether oxygens (including phenoxy) is 1. The summed E-state index contributed by atoms with van der Waals surface area (Å²) in [7, 11) is 1.25. The van der Waals surface area contributed by atoms with Gasteiger partial charge in [-0.1, -0.05) is 35.3 Å². The van der Waals surface area contributed by atoms with Crippen LogP contribution in [0.3, 0.4) is 0 Å². The predicted molar refractivity (Wildman–Crippen MR) is 98.6 cm³/mol. The summed E-state index contributed by atoms with van der Waals surface area (Å²) >= 11 is 11.8. The minimum atomic E-state index is -0.650. The molecule has 25 heavy (non-hydrogen) atoms. The topological polar surface area (TPSA) is 79.8 Å². The van der Waals surface area contributed by atoms with E-state index in [0.29, 0.717) is 22.0 Å². The fourth-order valence-corrected chi connectivity index (χ4v) is 2.40. The normalized spacial score (nSPS) is 11.0. The molecule has 2 N–H and O–H groups in total. The second kappa shape index (κ2) is 8.50. The number of anilines is 1. The molecule has 6 nitrogen and oxygen atoms in total. The van der Waals surface area contributed by atoms with Gasteiger partial charge in [0.15, 0.2) is 0 Å². The minimum Gasteiger partial charge on any atom is -0.452 e. The lowest BCUT2D eigenvalue weighted by atomic mass is 10.1. The number of halogens is 2. The van der Waals surface area contributed by atoms with Crippen LogP contribution in [0.1, 0.15) is 22.8 Å². The summed E-state index contributed by atoms with van der Waals surface area (Å²) in [5.41, 5.74) is 4.53. The summed E-state index contributed by atoms with van der Waals surface area (Å²) in [6.07, 6.45) is -0.650. The molecule has 2 aromatic rings. The van der Waals surface area contributed by atoms with Gasteiger partial charge in [0.25, 0.3) is 5.91 Å². The van der Waals surface area contributed by atoms with Crippen LogP contribution in [0.25, 0.3) is 0 Å². The molecule has 8 heteroatoms. The lowest BCUT2D eigenvalue weighted by molar-refractivity contribution is 0.102. The first kappa shape index (κ1) is 18.8. The summed E-state index contributed by atoms with van der Waals surface area (Å²) in [6.45, 7) is 1.73. The van der Waals surface area contributed by atoms with E-state index in [2.05, 4.69) is 20.6 Å². The molecule has 0 atom stereocenters. The Morgan fingerprint density at radius 1 is 1.08 bits per heavy atom. The fraction of sp³-hybridized carbons (Fsp3) is 0.118. The molecular weight excluding hydrogens is 365 g/mol.